The molecule has 0 aromatic heterocycles. The number of carbonyl (C=O) groups excluding carboxylic acids is 1. The van der Waals surface area contributed by atoms with E-state index in [0.29, 0.717) is 25.2 Å². The molecule has 0 bridgehead atoms. The maximum Gasteiger partial charge on any atom is 0.410 e. The first-order valence-electron chi connectivity index (χ1n) is 7.91. The summed E-state index contributed by atoms with van der Waals surface area (Å²) in [4.78, 5) is 18.4. The molecule has 0 aromatic carbocycles. The third kappa shape index (κ3) is 6.91. The molecule has 6 nitrogen and oxygen atoms in total. The molecule has 7 heteroatoms. The van der Waals surface area contributed by atoms with E-state index in [2.05, 4.69) is 20.9 Å². The number of aliphatic hydroxyl groups excluding tert-OH is 1. The van der Waals surface area contributed by atoms with Gasteiger partial charge in [-0.05, 0) is 56.5 Å². The first kappa shape index (κ1) is 20.0. The number of hydrogen-bond donors (Lipinski definition) is 2. The zero-order valence-corrected chi connectivity index (χ0v) is 16.0. The summed E-state index contributed by atoms with van der Waals surface area (Å²) in [6, 6.07) is 0.170. The molecule has 0 atom stereocenters. The van der Waals surface area contributed by atoms with Crippen molar-refractivity contribution in [2.45, 2.75) is 58.6 Å². The van der Waals surface area contributed by atoms with Gasteiger partial charge in [-0.15, -0.1) is 0 Å². The van der Waals surface area contributed by atoms with Crippen LogP contribution in [0.1, 0.15) is 47.0 Å². The van der Waals surface area contributed by atoms with Gasteiger partial charge in [-0.25, -0.2) is 4.79 Å². The molecule has 0 saturated carbocycles. The number of hydrogen-bond acceptors (Lipinski definition) is 5. The number of carbonyl (C=O) groups is 1. The van der Waals surface area contributed by atoms with Crippen LogP contribution in [-0.2, 0) is 4.74 Å². The van der Waals surface area contributed by atoms with E-state index in [4.69, 9.17) is 15.6 Å². The lowest BCUT2D eigenvalue weighted by atomic mass is 10.1. The minimum Gasteiger partial charge on any atom is -0.444 e. The number of likely N-dealkylation sites (tertiary alicyclic amines) is 1. The van der Waals surface area contributed by atoms with Crippen LogP contribution in [0.4, 0.5) is 4.79 Å². The lowest BCUT2D eigenvalue weighted by Gasteiger charge is -2.32. The van der Waals surface area contributed by atoms with E-state index in [-0.39, 0.29) is 18.7 Å². The van der Waals surface area contributed by atoms with Gasteiger partial charge < -0.3 is 20.5 Å². The standard InChI is InChI=1S/C16H28BrN3O3/c1-11(14(17)13(18)7-10-21)19-12-5-8-20(9-6-12)15(22)23-16(2,3)4/h12,21H,5-10,18H2,1-4H3/b14-13+,19-11?. The Morgan fingerprint density at radius 3 is 2.43 bits per heavy atom. The van der Waals surface area contributed by atoms with Gasteiger partial charge in [0.05, 0.1) is 10.5 Å². The Morgan fingerprint density at radius 1 is 1.39 bits per heavy atom. The van der Waals surface area contributed by atoms with Gasteiger partial charge >= 0.3 is 6.09 Å². The molecule has 1 fully saturated rings. The number of rotatable bonds is 4. The Hall–Kier alpha value is -1.08. The number of nitrogens with two attached hydrogens (primary N) is 1. The highest BCUT2D eigenvalue weighted by Crippen LogP contribution is 2.20. The van der Waals surface area contributed by atoms with E-state index >= 15 is 0 Å². The van der Waals surface area contributed by atoms with E-state index in [0.717, 1.165) is 23.0 Å². The van der Waals surface area contributed by atoms with Gasteiger partial charge in [0.2, 0.25) is 0 Å². The second kappa shape index (κ2) is 8.68. The SMILES string of the molecule is CC(=NC1CCN(C(=O)OC(C)(C)C)CC1)/C(Br)=C(\N)CCO. The van der Waals surface area contributed by atoms with Crippen molar-refractivity contribution in [3.8, 4) is 0 Å². The van der Waals surface area contributed by atoms with E-state index in [1.54, 1.807) is 4.90 Å². The van der Waals surface area contributed by atoms with Crippen LogP contribution in [0.3, 0.4) is 0 Å². The number of aliphatic hydroxyl groups is 1. The molecule has 1 aliphatic rings. The topological polar surface area (TPSA) is 88.2 Å². The zero-order valence-electron chi connectivity index (χ0n) is 14.4. The molecular weight excluding hydrogens is 362 g/mol. The van der Waals surface area contributed by atoms with Crippen LogP contribution >= 0.6 is 15.9 Å². The highest BCUT2D eigenvalue weighted by molar-refractivity contribution is 9.12. The molecule has 0 aliphatic carbocycles. The number of nitrogens with zero attached hydrogens (tertiary/aromatic N) is 2. The fourth-order valence-corrected chi connectivity index (χ4v) is 2.60. The number of allylic oxidation sites excluding steroid dienone is 1. The third-order valence-corrected chi connectivity index (χ3v) is 4.56. The molecular formula is C16H28BrN3O3. The molecule has 132 valence electrons. The molecule has 1 saturated heterocycles. The Bertz CT molecular complexity index is 475. The Kier molecular flexibility index (Phi) is 7.54. The molecule has 1 heterocycles. The smallest absolute Gasteiger partial charge is 0.410 e. The Balaban J connectivity index is 2.58. The molecule has 1 amide bonds. The van der Waals surface area contributed by atoms with E-state index in [1.807, 2.05) is 27.7 Å². The predicted molar refractivity (Wildman–Crippen MR) is 95.8 cm³/mol. The molecule has 0 radical (unpaired) electrons. The maximum absolute atomic E-state index is 12.0. The normalized spacial score (nSPS) is 18.7. The van der Waals surface area contributed by atoms with Gasteiger partial charge in [0.15, 0.2) is 0 Å². The van der Waals surface area contributed by atoms with Crippen LogP contribution in [0.15, 0.2) is 15.2 Å². The summed E-state index contributed by atoms with van der Waals surface area (Å²) in [6.45, 7) is 8.80. The summed E-state index contributed by atoms with van der Waals surface area (Å²) in [5.74, 6) is 0. The highest BCUT2D eigenvalue weighted by atomic mass is 79.9. The lowest BCUT2D eigenvalue weighted by molar-refractivity contribution is 0.0207. The molecule has 0 aromatic rings. The second-order valence-electron chi connectivity index (χ2n) is 6.73. The summed E-state index contributed by atoms with van der Waals surface area (Å²) in [6.07, 6.45) is 1.77. The van der Waals surface area contributed by atoms with Gasteiger partial charge in [-0.1, -0.05) is 0 Å². The summed E-state index contributed by atoms with van der Waals surface area (Å²) in [5, 5.41) is 8.93. The Labute approximate surface area is 146 Å². The van der Waals surface area contributed by atoms with Crippen LogP contribution in [0.2, 0.25) is 0 Å². The number of aliphatic imine (C=N–C) groups is 1. The van der Waals surface area contributed by atoms with Crippen LogP contribution < -0.4 is 5.73 Å². The van der Waals surface area contributed by atoms with Crippen LogP contribution in [0.25, 0.3) is 0 Å². The zero-order chi connectivity index (χ0) is 17.6. The van der Waals surface area contributed by atoms with E-state index < -0.39 is 5.60 Å². The van der Waals surface area contributed by atoms with Crippen molar-refractivity contribution in [2.24, 2.45) is 10.7 Å². The first-order chi connectivity index (χ1) is 10.6. The minimum absolute atomic E-state index is 0.0164. The van der Waals surface area contributed by atoms with Crippen molar-refractivity contribution < 1.29 is 14.6 Å². The molecule has 1 aliphatic heterocycles. The molecule has 3 N–H and O–H groups in total. The largest absolute Gasteiger partial charge is 0.444 e. The molecule has 1 rings (SSSR count). The van der Waals surface area contributed by atoms with Gasteiger partial charge in [-0.2, -0.15) is 0 Å². The summed E-state index contributed by atoms with van der Waals surface area (Å²) >= 11 is 3.43. The van der Waals surface area contributed by atoms with Gasteiger partial charge in [0, 0.05) is 37.5 Å². The summed E-state index contributed by atoms with van der Waals surface area (Å²) in [5.41, 5.74) is 6.83. The summed E-state index contributed by atoms with van der Waals surface area (Å²) < 4.78 is 6.14. The average molecular weight is 390 g/mol. The van der Waals surface area contributed by atoms with Crippen molar-refractivity contribution in [1.29, 1.82) is 0 Å². The molecule has 0 unspecified atom stereocenters. The molecule has 23 heavy (non-hydrogen) atoms. The highest BCUT2D eigenvalue weighted by Gasteiger charge is 2.26. The van der Waals surface area contributed by atoms with Crippen LogP contribution in [0.5, 0.6) is 0 Å². The maximum atomic E-state index is 12.0. The first-order valence-corrected chi connectivity index (χ1v) is 8.71. The second-order valence-corrected chi connectivity index (χ2v) is 7.52. The molecule has 0 spiro atoms. The number of amides is 1. The van der Waals surface area contributed by atoms with Crippen LogP contribution in [0, 0.1) is 0 Å². The number of piperidine rings is 1. The number of halogens is 1. The van der Waals surface area contributed by atoms with Crippen molar-refractivity contribution in [3.63, 3.8) is 0 Å². The van der Waals surface area contributed by atoms with Crippen molar-refractivity contribution in [3.05, 3.63) is 10.2 Å². The minimum atomic E-state index is -0.470. The fourth-order valence-electron chi connectivity index (χ4n) is 2.30. The van der Waals surface area contributed by atoms with E-state index in [1.165, 1.54) is 0 Å². The monoisotopic (exact) mass is 389 g/mol. The van der Waals surface area contributed by atoms with Crippen LogP contribution in [-0.4, -0.2) is 53.2 Å². The quantitative estimate of drug-likeness (QED) is 0.723. The van der Waals surface area contributed by atoms with E-state index in [9.17, 15) is 4.79 Å². The van der Waals surface area contributed by atoms with Gasteiger partial charge in [0.25, 0.3) is 0 Å². The predicted octanol–water partition coefficient (Wildman–Crippen LogP) is 2.79. The number of ether oxygens (including phenoxy) is 1. The third-order valence-electron chi connectivity index (χ3n) is 3.47. The van der Waals surface area contributed by atoms with Gasteiger partial charge in [-0.3, -0.25) is 4.99 Å². The van der Waals surface area contributed by atoms with Gasteiger partial charge in [0.1, 0.15) is 5.60 Å². The fraction of sp³-hybridized carbons (Fsp3) is 0.750. The van der Waals surface area contributed by atoms with Crippen molar-refractivity contribution >= 4 is 27.7 Å². The average Bonchev–Trinajstić information content (AvgIpc) is 2.45. The summed E-state index contributed by atoms with van der Waals surface area (Å²) in [7, 11) is 0. The van der Waals surface area contributed by atoms with Crippen molar-refractivity contribution in [1.82, 2.24) is 4.90 Å². The lowest BCUT2D eigenvalue weighted by Crippen LogP contribution is -2.42. The Morgan fingerprint density at radius 2 is 1.96 bits per heavy atom. The van der Waals surface area contributed by atoms with Crippen molar-refractivity contribution in [2.75, 3.05) is 19.7 Å².